The molecule has 0 spiro atoms. The number of aryl methyl sites for hydroxylation is 2. The van der Waals surface area contributed by atoms with E-state index in [1.54, 1.807) is 23.7 Å². The first-order chi connectivity index (χ1) is 12.3. The molecule has 3 atom stereocenters. The van der Waals surface area contributed by atoms with Crippen LogP contribution in [0.15, 0.2) is 6.07 Å². The van der Waals surface area contributed by atoms with Gasteiger partial charge in [0.1, 0.15) is 5.69 Å². The summed E-state index contributed by atoms with van der Waals surface area (Å²) in [5, 5.41) is 7.96. The van der Waals surface area contributed by atoms with E-state index in [1.807, 2.05) is 24.9 Å². The number of nitrogens with zero attached hydrogens (tertiary/aromatic N) is 4. The molecule has 3 heterocycles. The minimum absolute atomic E-state index is 0.0891. The third kappa shape index (κ3) is 4.09. The van der Waals surface area contributed by atoms with E-state index in [2.05, 4.69) is 10.4 Å². The van der Waals surface area contributed by atoms with E-state index in [-0.39, 0.29) is 11.8 Å². The van der Waals surface area contributed by atoms with Crippen LogP contribution in [0.5, 0.6) is 0 Å². The van der Waals surface area contributed by atoms with Gasteiger partial charge in [0.25, 0.3) is 5.91 Å². The number of nitrogens with one attached hydrogen (secondary N) is 1. The van der Waals surface area contributed by atoms with Crippen LogP contribution in [0.3, 0.4) is 0 Å². The average Bonchev–Trinajstić information content (AvgIpc) is 2.94. The van der Waals surface area contributed by atoms with Crippen LogP contribution < -0.4 is 5.32 Å². The molecule has 2 saturated heterocycles. The van der Waals surface area contributed by atoms with Gasteiger partial charge in [-0.2, -0.15) is 5.10 Å². The van der Waals surface area contributed by atoms with Crippen molar-refractivity contribution < 1.29 is 9.59 Å². The van der Waals surface area contributed by atoms with Gasteiger partial charge in [-0.25, -0.2) is 0 Å². The molecule has 7 nitrogen and oxygen atoms in total. The van der Waals surface area contributed by atoms with Crippen molar-refractivity contribution in [2.75, 3.05) is 33.7 Å². The maximum Gasteiger partial charge on any atom is 0.272 e. The molecule has 0 radical (unpaired) electrons. The van der Waals surface area contributed by atoms with Crippen LogP contribution in [-0.2, 0) is 11.8 Å². The molecular formula is C19H31N5O2. The molecule has 2 aliphatic heterocycles. The maximum absolute atomic E-state index is 12.9. The Morgan fingerprint density at radius 1 is 1.35 bits per heavy atom. The lowest BCUT2D eigenvalue weighted by atomic mass is 9.79. The minimum Gasteiger partial charge on any atom is -0.349 e. The average molecular weight is 361 g/mol. The molecule has 7 heteroatoms. The molecule has 2 amide bonds. The number of amides is 2. The summed E-state index contributed by atoms with van der Waals surface area (Å²) in [6.45, 7) is 4.48. The van der Waals surface area contributed by atoms with Crippen molar-refractivity contribution in [1.29, 1.82) is 0 Å². The fraction of sp³-hybridized carbons (Fsp3) is 0.737. The van der Waals surface area contributed by atoms with Gasteiger partial charge in [0.15, 0.2) is 0 Å². The molecule has 2 fully saturated rings. The topological polar surface area (TPSA) is 70.5 Å². The number of carbonyl (C=O) groups is 2. The van der Waals surface area contributed by atoms with Crippen LogP contribution in [0.4, 0.5) is 0 Å². The zero-order valence-corrected chi connectivity index (χ0v) is 16.4. The van der Waals surface area contributed by atoms with Crippen molar-refractivity contribution in [3.8, 4) is 0 Å². The summed E-state index contributed by atoms with van der Waals surface area (Å²) in [6, 6.07) is 2.26. The highest BCUT2D eigenvalue weighted by Gasteiger charge is 2.38. The number of aromatic nitrogens is 2. The summed E-state index contributed by atoms with van der Waals surface area (Å²) < 4.78 is 1.69. The molecule has 0 unspecified atom stereocenters. The van der Waals surface area contributed by atoms with E-state index in [9.17, 15) is 9.59 Å². The van der Waals surface area contributed by atoms with Crippen LogP contribution in [-0.4, -0.2) is 71.2 Å². The summed E-state index contributed by atoms with van der Waals surface area (Å²) in [7, 11) is 5.43. The number of carbonyl (C=O) groups excluding carboxylic acids is 2. The van der Waals surface area contributed by atoms with E-state index in [0.29, 0.717) is 30.0 Å². The van der Waals surface area contributed by atoms with Crippen molar-refractivity contribution in [3.05, 3.63) is 17.5 Å². The largest absolute Gasteiger partial charge is 0.349 e. The Balaban J connectivity index is 1.59. The lowest BCUT2D eigenvalue weighted by molar-refractivity contribution is -0.128. The minimum atomic E-state index is 0.0891. The van der Waals surface area contributed by atoms with Gasteiger partial charge in [-0.05, 0) is 50.6 Å². The first kappa shape index (κ1) is 18.9. The molecule has 1 aromatic rings. The molecule has 1 aromatic heterocycles. The second-order valence-corrected chi connectivity index (χ2v) is 8.06. The Bertz CT molecular complexity index is 669. The van der Waals surface area contributed by atoms with Gasteiger partial charge in [0, 0.05) is 46.7 Å². The monoisotopic (exact) mass is 361 g/mol. The SMILES string of the molecule is Cc1cc(C(=O)N2C[C@@H]3CN[C@H](CCCC(=O)N(C)C)[C@H](C3)C2)n(C)n1. The molecule has 0 aliphatic carbocycles. The number of likely N-dealkylation sites (tertiary alicyclic amines) is 1. The molecular weight excluding hydrogens is 330 g/mol. The molecule has 1 N–H and O–H groups in total. The Morgan fingerprint density at radius 3 is 2.77 bits per heavy atom. The summed E-state index contributed by atoms with van der Waals surface area (Å²) in [4.78, 5) is 28.4. The summed E-state index contributed by atoms with van der Waals surface area (Å²) >= 11 is 0. The Labute approximate surface area is 155 Å². The lowest BCUT2D eigenvalue weighted by Gasteiger charge is -2.46. The molecule has 2 bridgehead atoms. The van der Waals surface area contributed by atoms with E-state index in [1.165, 1.54) is 6.42 Å². The Morgan fingerprint density at radius 2 is 2.12 bits per heavy atom. The van der Waals surface area contributed by atoms with Crippen molar-refractivity contribution in [2.24, 2.45) is 18.9 Å². The van der Waals surface area contributed by atoms with Crippen LogP contribution >= 0.6 is 0 Å². The first-order valence-corrected chi connectivity index (χ1v) is 9.58. The Kier molecular flexibility index (Phi) is 5.65. The number of piperidine rings is 2. The zero-order valence-electron chi connectivity index (χ0n) is 16.4. The van der Waals surface area contributed by atoms with Crippen LogP contribution in [0.2, 0.25) is 0 Å². The van der Waals surface area contributed by atoms with Crippen LogP contribution in [0.1, 0.15) is 41.9 Å². The molecule has 3 rings (SSSR count). The third-order valence-corrected chi connectivity index (χ3v) is 5.72. The van der Waals surface area contributed by atoms with Gasteiger partial charge in [-0.3, -0.25) is 14.3 Å². The van der Waals surface area contributed by atoms with Crippen LogP contribution in [0.25, 0.3) is 0 Å². The second kappa shape index (κ2) is 7.78. The second-order valence-electron chi connectivity index (χ2n) is 8.06. The first-order valence-electron chi connectivity index (χ1n) is 9.58. The van der Waals surface area contributed by atoms with E-state index >= 15 is 0 Å². The Hall–Kier alpha value is -1.89. The van der Waals surface area contributed by atoms with Gasteiger partial charge in [-0.1, -0.05) is 0 Å². The van der Waals surface area contributed by atoms with Crippen molar-refractivity contribution in [2.45, 2.75) is 38.6 Å². The van der Waals surface area contributed by atoms with E-state index < -0.39 is 0 Å². The number of rotatable bonds is 5. The van der Waals surface area contributed by atoms with E-state index in [4.69, 9.17) is 0 Å². The smallest absolute Gasteiger partial charge is 0.272 e. The van der Waals surface area contributed by atoms with Crippen LogP contribution in [0, 0.1) is 18.8 Å². The molecule has 2 aliphatic rings. The summed E-state index contributed by atoms with van der Waals surface area (Å²) in [5.41, 5.74) is 1.54. The number of hydrogen-bond acceptors (Lipinski definition) is 4. The molecule has 144 valence electrons. The normalized spacial score (nSPS) is 25.2. The van der Waals surface area contributed by atoms with Gasteiger partial charge in [0.05, 0.1) is 5.69 Å². The molecule has 26 heavy (non-hydrogen) atoms. The van der Waals surface area contributed by atoms with Gasteiger partial charge in [-0.15, -0.1) is 0 Å². The zero-order chi connectivity index (χ0) is 18.8. The van der Waals surface area contributed by atoms with Crippen molar-refractivity contribution in [1.82, 2.24) is 24.9 Å². The number of fused-ring (bicyclic) bond motifs is 2. The highest BCUT2D eigenvalue weighted by atomic mass is 16.2. The summed E-state index contributed by atoms with van der Waals surface area (Å²) in [5.74, 6) is 1.26. The number of hydrogen-bond donors (Lipinski definition) is 1. The highest BCUT2D eigenvalue weighted by molar-refractivity contribution is 5.92. The van der Waals surface area contributed by atoms with Gasteiger partial charge in [0.2, 0.25) is 5.91 Å². The molecule has 0 aromatic carbocycles. The quantitative estimate of drug-likeness (QED) is 0.851. The summed E-state index contributed by atoms with van der Waals surface area (Å²) in [6.07, 6.45) is 3.65. The molecule has 0 saturated carbocycles. The maximum atomic E-state index is 12.9. The predicted molar refractivity (Wildman–Crippen MR) is 99.8 cm³/mol. The highest BCUT2D eigenvalue weighted by Crippen LogP contribution is 2.31. The lowest BCUT2D eigenvalue weighted by Crippen LogP contribution is -2.57. The third-order valence-electron chi connectivity index (χ3n) is 5.72. The van der Waals surface area contributed by atoms with Gasteiger partial charge < -0.3 is 15.1 Å². The van der Waals surface area contributed by atoms with Gasteiger partial charge >= 0.3 is 0 Å². The van der Waals surface area contributed by atoms with Crippen molar-refractivity contribution >= 4 is 11.8 Å². The fourth-order valence-corrected chi connectivity index (χ4v) is 4.34. The fourth-order valence-electron chi connectivity index (χ4n) is 4.34. The van der Waals surface area contributed by atoms with E-state index in [0.717, 1.165) is 38.2 Å². The predicted octanol–water partition coefficient (Wildman–Crippen LogP) is 1.04. The standard InChI is InChI=1S/C19H31N5O2/c1-13-8-17(23(4)21-13)19(26)24-11-14-9-15(12-24)16(20-10-14)6-5-7-18(25)22(2)3/h8,14-16,20H,5-7,9-12H2,1-4H3/t14-,15+,16+/m0/s1. The van der Waals surface area contributed by atoms with Crippen molar-refractivity contribution in [3.63, 3.8) is 0 Å².